The van der Waals surface area contributed by atoms with Crippen molar-refractivity contribution < 1.29 is 9.84 Å². The first-order valence-corrected chi connectivity index (χ1v) is 15.0. The first kappa shape index (κ1) is 26.5. The van der Waals surface area contributed by atoms with Crippen LogP contribution in [0.15, 0.2) is 151 Å². The van der Waals surface area contributed by atoms with Crippen LogP contribution in [0.2, 0.25) is 0 Å². The molecule has 1 N–H and O–H groups in total. The molecule has 42 heavy (non-hydrogen) atoms. The van der Waals surface area contributed by atoms with Crippen molar-refractivity contribution in [3.63, 3.8) is 0 Å². The maximum absolute atomic E-state index is 12.8. The molecule has 0 bridgehead atoms. The van der Waals surface area contributed by atoms with Crippen LogP contribution in [-0.2, 0) is 5.41 Å². The van der Waals surface area contributed by atoms with Crippen molar-refractivity contribution in [1.82, 2.24) is 0 Å². The van der Waals surface area contributed by atoms with E-state index in [2.05, 4.69) is 121 Å². The Morgan fingerprint density at radius 1 is 0.667 bits per heavy atom. The van der Waals surface area contributed by atoms with Crippen molar-refractivity contribution in [2.45, 2.75) is 30.8 Å². The summed E-state index contributed by atoms with van der Waals surface area (Å²) in [6.07, 6.45) is 2.43. The van der Waals surface area contributed by atoms with Gasteiger partial charge in [-0.05, 0) is 76.1 Å². The maximum atomic E-state index is 12.8. The molecule has 7 rings (SSSR count). The maximum Gasteiger partial charge on any atom is 0.118 e. The molecular weight excluding hydrogens is 512 g/mol. The van der Waals surface area contributed by atoms with E-state index in [1.807, 2.05) is 24.3 Å². The van der Waals surface area contributed by atoms with Crippen molar-refractivity contribution in [3.05, 3.63) is 179 Å². The molecule has 5 aromatic rings. The number of aliphatic hydroxyl groups is 1. The molecule has 0 spiro atoms. The van der Waals surface area contributed by atoms with E-state index in [-0.39, 0.29) is 5.41 Å². The van der Waals surface area contributed by atoms with Crippen LogP contribution in [0.3, 0.4) is 0 Å². The molecule has 0 radical (unpaired) electrons. The van der Waals surface area contributed by atoms with Gasteiger partial charge < -0.3 is 9.84 Å². The molecule has 5 aromatic carbocycles. The first-order chi connectivity index (χ1) is 20.7. The van der Waals surface area contributed by atoms with Gasteiger partial charge in [0.15, 0.2) is 0 Å². The van der Waals surface area contributed by atoms with Crippen LogP contribution >= 0.6 is 0 Å². The third-order valence-corrected chi connectivity index (χ3v) is 9.67. The molecule has 0 saturated heterocycles. The van der Waals surface area contributed by atoms with E-state index < -0.39 is 11.5 Å². The Labute approximate surface area is 249 Å². The second kappa shape index (κ2) is 10.8. The summed E-state index contributed by atoms with van der Waals surface area (Å²) < 4.78 is 5.47. The van der Waals surface area contributed by atoms with Crippen LogP contribution in [0.5, 0.6) is 5.75 Å². The Hall–Kier alpha value is -4.40. The van der Waals surface area contributed by atoms with Crippen molar-refractivity contribution in [3.8, 4) is 5.75 Å². The van der Waals surface area contributed by atoms with Gasteiger partial charge in [0.25, 0.3) is 0 Å². The topological polar surface area (TPSA) is 29.5 Å². The van der Waals surface area contributed by atoms with Gasteiger partial charge in [0, 0.05) is 0 Å². The average molecular weight is 549 g/mol. The van der Waals surface area contributed by atoms with Gasteiger partial charge in [0.1, 0.15) is 5.75 Å². The highest BCUT2D eigenvalue weighted by Crippen LogP contribution is 2.76. The number of aliphatic hydroxyl groups excluding tert-OH is 1. The number of allylic oxidation sites excluding steroid dienone is 1. The highest BCUT2D eigenvalue weighted by Gasteiger charge is 2.70. The van der Waals surface area contributed by atoms with Crippen molar-refractivity contribution in [2.75, 3.05) is 7.11 Å². The summed E-state index contributed by atoms with van der Waals surface area (Å²) in [5, 5.41) is 12.8. The number of rotatable bonds is 9. The van der Waals surface area contributed by atoms with Gasteiger partial charge in [0.2, 0.25) is 0 Å². The molecule has 2 nitrogen and oxygen atoms in total. The summed E-state index contributed by atoms with van der Waals surface area (Å²) in [5.41, 5.74) is 7.87. The highest BCUT2D eigenvalue weighted by atomic mass is 16.5. The van der Waals surface area contributed by atoms with Gasteiger partial charge in [-0.1, -0.05) is 139 Å². The summed E-state index contributed by atoms with van der Waals surface area (Å²) in [6.45, 7) is 0. The molecule has 2 aliphatic rings. The predicted molar refractivity (Wildman–Crippen MR) is 170 cm³/mol. The zero-order chi connectivity index (χ0) is 28.6. The van der Waals surface area contributed by atoms with Gasteiger partial charge >= 0.3 is 0 Å². The van der Waals surface area contributed by atoms with E-state index in [9.17, 15) is 5.11 Å². The van der Waals surface area contributed by atoms with Crippen molar-refractivity contribution in [1.29, 1.82) is 0 Å². The molecule has 2 fully saturated rings. The van der Waals surface area contributed by atoms with Crippen LogP contribution in [0, 0.1) is 11.3 Å². The van der Waals surface area contributed by atoms with E-state index in [1.165, 1.54) is 33.4 Å². The van der Waals surface area contributed by atoms with Crippen LogP contribution in [0.1, 0.15) is 53.2 Å². The largest absolute Gasteiger partial charge is 0.497 e. The Bertz CT molecular complexity index is 1590. The monoisotopic (exact) mass is 548 g/mol. The fourth-order valence-corrected chi connectivity index (χ4v) is 7.63. The Kier molecular flexibility index (Phi) is 6.80. The molecule has 0 aliphatic heterocycles. The highest BCUT2D eigenvalue weighted by molar-refractivity contribution is 5.85. The van der Waals surface area contributed by atoms with E-state index in [0.29, 0.717) is 5.92 Å². The van der Waals surface area contributed by atoms with E-state index >= 15 is 0 Å². The fraction of sp³-hybridized carbons (Fsp3) is 0.200. The Morgan fingerprint density at radius 3 is 1.55 bits per heavy atom. The molecule has 2 atom stereocenters. The number of methoxy groups -OCH3 is 1. The van der Waals surface area contributed by atoms with E-state index in [1.54, 1.807) is 7.11 Å². The fourth-order valence-electron chi connectivity index (χ4n) is 7.63. The molecule has 0 aromatic heterocycles. The number of hydrogen-bond acceptors (Lipinski definition) is 2. The molecule has 0 heterocycles. The van der Waals surface area contributed by atoms with Gasteiger partial charge in [-0.15, -0.1) is 0 Å². The molecule has 0 amide bonds. The van der Waals surface area contributed by atoms with Crippen LogP contribution in [-0.4, -0.2) is 12.2 Å². The lowest BCUT2D eigenvalue weighted by Gasteiger charge is -2.47. The van der Waals surface area contributed by atoms with Crippen molar-refractivity contribution >= 4 is 5.57 Å². The van der Waals surface area contributed by atoms with Gasteiger partial charge in [-0.3, -0.25) is 0 Å². The summed E-state index contributed by atoms with van der Waals surface area (Å²) in [4.78, 5) is 0. The molecular formula is C40H36O2. The van der Waals surface area contributed by atoms with Gasteiger partial charge in [0.05, 0.1) is 18.6 Å². The lowest BCUT2D eigenvalue weighted by atomic mass is 9.57. The molecule has 2 aliphatic carbocycles. The second-order valence-corrected chi connectivity index (χ2v) is 11.8. The van der Waals surface area contributed by atoms with Crippen LogP contribution in [0.4, 0.5) is 0 Å². The normalized spacial score (nSPS) is 17.8. The molecule has 0 unspecified atom stereocenters. The molecule has 2 heteroatoms. The standard InChI is InChI=1S/C40H36O2/c1-42-34-24-22-31(23-25-34)38(41)40(32-18-10-4-11-19-32,33-20-12-5-13-21-33)39(26-27-39)36-28-35(36)37(29-14-6-2-7-15-29)30-16-8-3-9-17-30/h2-25,36,38,41H,26-28H2,1H3/t36-,38-/m1/s1. The molecule has 2 saturated carbocycles. The minimum Gasteiger partial charge on any atom is -0.497 e. The van der Waals surface area contributed by atoms with Crippen LogP contribution < -0.4 is 4.74 Å². The van der Waals surface area contributed by atoms with Gasteiger partial charge in [-0.2, -0.15) is 0 Å². The third-order valence-electron chi connectivity index (χ3n) is 9.67. The Balaban J connectivity index is 1.45. The summed E-state index contributed by atoms with van der Waals surface area (Å²) >= 11 is 0. The lowest BCUT2D eigenvalue weighted by molar-refractivity contribution is 0.0464. The minimum atomic E-state index is -0.741. The quantitative estimate of drug-likeness (QED) is 0.199. The van der Waals surface area contributed by atoms with Crippen molar-refractivity contribution in [2.24, 2.45) is 11.3 Å². The number of hydrogen-bond donors (Lipinski definition) is 1. The lowest BCUT2D eigenvalue weighted by Crippen LogP contribution is -2.45. The zero-order valence-corrected chi connectivity index (χ0v) is 24.0. The minimum absolute atomic E-state index is 0.126. The summed E-state index contributed by atoms with van der Waals surface area (Å²) in [7, 11) is 1.68. The van der Waals surface area contributed by atoms with E-state index in [0.717, 1.165) is 30.6 Å². The Morgan fingerprint density at radius 2 is 1.12 bits per heavy atom. The second-order valence-electron chi connectivity index (χ2n) is 11.8. The SMILES string of the molecule is COc1ccc([C@@H](O)C(c2ccccc2)(c2ccccc2)C2([C@@H]3CC3=C(c3ccccc3)c3ccccc3)CC2)cc1. The third kappa shape index (κ3) is 4.30. The van der Waals surface area contributed by atoms with Crippen LogP contribution in [0.25, 0.3) is 5.57 Å². The first-order valence-electron chi connectivity index (χ1n) is 15.0. The predicted octanol–water partition coefficient (Wildman–Crippen LogP) is 9.02. The molecule has 208 valence electrons. The average Bonchev–Trinajstić information content (AvgIpc) is 4.00. The summed E-state index contributed by atoms with van der Waals surface area (Å²) in [5.74, 6) is 1.15. The summed E-state index contributed by atoms with van der Waals surface area (Å²) in [6, 6.07) is 51.1. The zero-order valence-electron chi connectivity index (χ0n) is 24.0. The smallest absolute Gasteiger partial charge is 0.118 e. The number of benzene rings is 5. The van der Waals surface area contributed by atoms with E-state index in [4.69, 9.17) is 4.74 Å². The van der Waals surface area contributed by atoms with Gasteiger partial charge in [-0.25, -0.2) is 0 Å². The number of ether oxygens (including phenoxy) is 1.